The van der Waals surface area contributed by atoms with Gasteiger partial charge in [0.2, 0.25) is 0 Å². The fraction of sp³-hybridized carbons (Fsp3) is 0.700. The van der Waals surface area contributed by atoms with Crippen LogP contribution in [0.15, 0.2) is 18.2 Å². The van der Waals surface area contributed by atoms with Crippen LogP contribution >= 0.6 is 0 Å². The number of likely N-dealkylation sites (tertiary alicyclic amines) is 1. The molecule has 24 heavy (non-hydrogen) atoms. The number of hydrogen-bond donors (Lipinski definition) is 1. The summed E-state index contributed by atoms with van der Waals surface area (Å²) in [6.45, 7) is 6.77. The Balaban J connectivity index is 1.41. The molecule has 131 valence electrons. The average molecular weight is 328 g/mol. The second-order valence-corrected chi connectivity index (χ2v) is 7.49. The van der Waals surface area contributed by atoms with Crippen molar-refractivity contribution >= 4 is 11.4 Å². The molecule has 0 aromatic heterocycles. The van der Waals surface area contributed by atoms with Gasteiger partial charge in [-0.05, 0) is 63.7 Å². The first-order chi connectivity index (χ1) is 11.9. The summed E-state index contributed by atoms with van der Waals surface area (Å²) in [7, 11) is 0. The van der Waals surface area contributed by atoms with E-state index in [2.05, 4.69) is 39.4 Å². The van der Waals surface area contributed by atoms with Crippen LogP contribution in [0.25, 0.3) is 0 Å². The van der Waals surface area contributed by atoms with Crippen LogP contribution < -0.4 is 10.2 Å². The van der Waals surface area contributed by atoms with Gasteiger partial charge < -0.3 is 19.9 Å². The van der Waals surface area contributed by atoms with E-state index in [0.29, 0.717) is 12.1 Å². The van der Waals surface area contributed by atoms with Gasteiger partial charge in [-0.15, -0.1) is 0 Å². The maximum Gasteiger partial charge on any atom is 0.0485 e. The maximum atomic E-state index is 5.46. The molecule has 3 saturated heterocycles. The number of ether oxygens (including phenoxy) is 1. The van der Waals surface area contributed by atoms with Crippen LogP contribution in [-0.2, 0) is 4.74 Å². The zero-order chi connectivity index (χ0) is 16.2. The first kappa shape index (κ1) is 16.2. The normalized spacial score (nSPS) is 26.2. The van der Waals surface area contributed by atoms with Crippen molar-refractivity contribution in [2.75, 3.05) is 49.6 Å². The maximum absolute atomic E-state index is 5.46. The molecule has 4 nitrogen and oxygen atoms in total. The molecule has 3 fully saturated rings. The van der Waals surface area contributed by atoms with Gasteiger partial charge in [0.15, 0.2) is 0 Å². The molecule has 0 aliphatic carbocycles. The summed E-state index contributed by atoms with van der Waals surface area (Å²) in [4.78, 5) is 5.28. The molecule has 0 bridgehead atoms. The van der Waals surface area contributed by atoms with E-state index in [-0.39, 0.29) is 0 Å². The number of nitrogens with zero attached hydrogens (tertiary/aromatic N) is 2. The third kappa shape index (κ3) is 3.86. The fourth-order valence-electron chi connectivity index (χ4n) is 4.41. The molecule has 0 unspecified atom stereocenters. The van der Waals surface area contributed by atoms with Crippen molar-refractivity contribution in [3.63, 3.8) is 0 Å². The SMILES string of the molecule is [c]1ccc(N2CCC[C@H]2CN2CCCC2)cc1NC1CCOCC1. The van der Waals surface area contributed by atoms with Crippen LogP contribution in [0.2, 0.25) is 0 Å². The first-order valence-electron chi connectivity index (χ1n) is 9.73. The van der Waals surface area contributed by atoms with Crippen LogP contribution in [-0.4, -0.2) is 56.4 Å². The molecule has 0 saturated carbocycles. The molecule has 1 aromatic carbocycles. The lowest BCUT2D eigenvalue weighted by Gasteiger charge is -2.31. The Kier molecular flexibility index (Phi) is 5.24. The Morgan fingerprint density at radius 1 is 1.08 bits per heavy atom. The predicted octanol–water partition coefficient (Wildman–Crippen LogP) is 3.14. The van der Waals surface area contributed by atoms with Crippen molar-refractivity contribution in [1.29, 1.82) is 0 Å². The number of rotatable bonds is 5. The van der Waals surface area contributed by atoms with Gasteiger partial charge in [0.05, 0.1) is 0 Å². The summed E-state index contributed by atoms with van der Waals surface area (Å²) >= 11 is 0. The van der Waals surface area contributed by atoms with E-state index >= 15 is 0 Å². The molecule has 3 aliphatic heterocycles. The first-order valence-corrected chi connectivity index (χ1v) is 9.73. The Hall–Kier alpha value is -1.26. The lowest BCUT2D eigenvalue weighted by atomic mass is 10.1. The third-order valence-electron chi connectivity index (χ3n) is 5.74. The summed E-state index contributed by atoms with van der Waals surface area (Å²) < 4.78 is 5.46. The second kappa shape index (κ2) is 7.75. The minimum atomic E-state index is 0.532. The summed E-state index contributed by atoms with van der Waals surface area (Å²) in [6, 6.07) is 11.2. The molecule has 1 atom stereocenters. The smallest absolute Gasteiger partial charge is 0.0485 e. The summed E-state index contributed by atoms with van der Waals surface area (Å²) in [5, 5.41) is 3.66. The Morgan fingerprint density at radius 2 is 1.92 bits per heavy atom. The van der Waals surface area contributed by atoms with Gasteiger partial charge in [-0.2, -0.15) is 0 Å². The lowest BCUT2D eigenvalue weighted by Crippen LogP contribution is -2.39. The summed E-state index contributed by atoms with van der Waals surface area (Å²) in [5.74, 6) is 0. The Bertz CT molecular complexity index is 523. The molecular weight excluding hydrogens is 298 g/mol. The van der Waals surface area contributed by atoms with E-state index in [0.717, 1.165) is 31.7 Å². The predicted molar refractivity (Wildman–Crippen MR) is 98.8 cm³/mol. The minimum absolute atomic E-state index is 0.532. The van der Waals surface area contributed by atoms with E-state index in [9.17, 15) is 0 Å². The van der Waals surface area contributed by atoms with Crippen molar-refractivity contribution in [1.82, 2.24) is 4.90 Å². The average Bonchev–Trinajstić information content (AvgIpc) is 3.28. The molecule has 3 aliphatic rings. The standard InChI is InChI=1S/C20H30N3O/c1-2-11-22(10-1)16-20-7-4-12-23(20)19-6-3-5-18(15-19)21-17-8-13-24-14-9-17/h3,6,15,17,20-21H,1-2,4,7-14,16H2/t20-/m0/s1. The largest absolute Gasteiger partial charge is 0.382 e. The van der Waals surface area contributed by atoms with Crippen LogP contribution in [0, 0.1) is 6.07 Å². The van der Waals surface area contributed by atoms with Crippen LogP contribution in [0.5, 0.6) is 0 Å². The van der Waals surface area contributed by atoms with Crippen molar-refractivity contribution in [2.45, 2.75) is 50.6 Å². The highest BCUT2D eigenvalue weighted by Gasteiger charge is 2.27. The van der Waals surface area contributed by atoms with Gasteiger partial charge in [-0.25, -0.2) is 0 Å². The monoisotopic (exact) mass is 328 g/mol. The zero-order valence-corrected chi connectivity index (χ0v) is 14.7. The summed E-state index contributed by atoms with van der Waals surface area (Å²) in [6.07, 6.45) is 7.61. The van der Waals surface area contributed by atoms with E-state index in [1.807, 2.05) is 0 Å². The molecular formula is C20H30N3O. The van der Waals surface area contributed by atoms with E-state index in [1.54, 1.807) is 0 Å². The Labute approximate surface area is 146 Å². The molecule has 0 spiro atoms. The highest BCUT2D eigenvalue weighted by atomic mass is 16.5. The molecule has 0 amide bonds. The molecule has 1 aromatic rings. The quantitative estimate of drug-likeness (QED) is 0.899. The topological polar surface area (TPSA) is 27.7 Å². The minimum Gasteiger partial charge on any atom is -0.382 e. The van der Waals surface area contributed by atoms with Crippen molar-refractivity contribution in [3.05, 3.63) is 24.3 Å². The number of anilines is 2. The van der Waals surface area contributed by atoms with Gasteiger partial charge in [0, 0.05) is 55.8 Å². The van der Waals surface area contributed by atoms with Crippen molar-refractivity contribution in [3.8, 4) is 0 Å². The van der Waals surface area contributed by atoms with Crippen LogP contribution in [0.3, 0.4) is 0 Å². The molecule has 3 heterocycles. The van der Waals surface area contributed by atoms with E-state index in [1.165, 1.54) is 57.5 Å². The molecule has 4 rings (SSSR count). The third-order valence-corrected chi connectivity index (χ3v) is 5.74. The number of benzene rings is 1. The van der Waals surface area contributed by atoms with Gasteiger partial charge in [-0.3, -0.25) is 0 Å². The van der Waals surface area contributed by atoms with Crippen LogP contribution in [0.1, 0.15) is 38.5 Å². The number of nitrogens with one attached hydrogen (secondary N) is 1. The molecule has 1 N–H and O–H groups in total. The second-order valence-electron chi connectivity index (χ2n) is 7.49. The van der Waals surface area contributed by atoms with Gasteiger partial charge in [0.1, 0.15) is 0 Å². The van der Waals surface area contributed by atoms with Gasteiger partial charge >= 0.3 is 0 Å². The Morgan fingerprint density at radius 3 is 2.75 bits per heavy atom. The lowest BCUT2D eigenvalue weighted by molar-refractivity contribution is 0.0904. The number of hydrogen-bond acceptors (Lipinski definition) is 4. The highest BCUT2D eigenvalue weighted by molar-refractivity contribution is 5.59. The summed E-state index contributed by atoms with van der Waals surface area (Å²) in [5.41, 5.74) is 2.51. The van der Waals surface area contributed by atoms with Crippen molar-refractivity contribution in [2.24, 2.45) is 0 Å². The fourth-order valence-corrected chi connectivity index (χ4v) is 4.41. The van der Waals surface area contributed by atoms with Gasteiger partial charge in [-0.1, -0.05) is 6.07 Å². The van der Waals surface area contributed by atoms with E-state index in [4.69, 9.17) is 4.74 Å². The zero-order valence-electron chi connectivity index (χ0n) is 14.7. The van der Waals surface area contributed by atoms with Crippen molar-refractivity contribution < 1.29 is 4.74 Å². The highest BCUT2D eigenvalue weighted by Crippen LogP contribution is 2.29. The molecule has 1 radical (unpaired) electrons. The van der Waals surface area contributed by atoms with Gasteiger partial charge in [0.25, 0.3) is 0 Å². The van der Waals surface area contributed by atoms with E-state index < -0.39 is 0 Å². The molecule has 4 heteroatoms. The van der Waals surface area contributed by atoms with Crippen LogP contribution in [0.4, 0.5) is 11.4 Å².